The minimum absolute atomic E-state index is 0.0983. The highest BCUT2D eigenvalue weighted by Crippen LogP contribution is 2.21. The largest absolute Gasteiger partial charge is 0.485 e. The topological polar surface area (TPSA) is 72.9 Å². The third kappa shape index (κ3) is 4.43. The van der Waals surface area contributed by atoms with E-state index >= 15 is 0 Å². The Balaban J connectivity index is 1.66. The smallest absolute Gasteiger partial charge is 0.243 e. The van der Waals surface area contributed by atoms with Crippen molar-refractivity contribution >= 4 is 15.8 Å². The lowest BCUT2D eigenvalue weighted by molar-refractivity contribution is 0.0730. The molecule has 7 heteroatoms. The monoisotopic (exact) mass is 403 g/mol. The Morgan fingerprint density at radius 1 is 1.00 bits per heavy atom. The molecule has 1 aliphatic heterocycles. The van der Waals surface area contributed by atoms with E-state index in [1.54, 1.807) is 12.1 Å². The fourth-order valence-electron chi connectivity index (χ4n) is 3.13. The molecule has 2 aromatic rings. The van der Waals surface area contributed by atoms with E-state index in [4.69, 9.17) is 9.47 Å². The number of carbonyl (C=O) groups is 1. The van der Waals surface area contributed by atoms with Gasteiger partial charge < -0.3 is 9.47 Å². The van der Waals surface area contributed by atoms with Gasteiger partial charge in [-0.3, -0.25) is 4.79 Å². The van der Waals surface area contributed by atoms with Crippen molar-refractivity contribution in [1.82, 2.24) is 4.31 Å². The number of hydrogen-bond acceptors (Lipinski definition) is 5. The second-order valence-electron chi connectivity index (χ2n) is 6.95. The van der Waals surface area contributed by atoms with Gasteiger partial charge in [-0.05, 0) is 67.8 Å². The number of sulfonamides is 1. The summed E-state index contributed by atoms with van der Waals surface area (Å²) in [4.78, 5) is 12.7. The zero-order valence-electron chi connectivity index (χ0n) is 16.4. The quantitative estimate of drug-likeness (QED) is 0.694. The molecule has 0 aromatic heterocycles. The predicted molar refractivity (Wildman–Crippen MR) is 106 cm³/mol. The van der Waals surface area contributed by atoms with E-state index in [2.05, 4.69) is 0 Å². The third-order valence-electron chi connectivity index (χ3n) is 4.94. The number of benzene rings is 2. The molecule has 0 radical (unpaired) electrons. The van der Waals surface area contributed by atoms with Gasteiger partial charge in [0.05, 0.1) is 18.1 Å². The van der Waals surface area contributed by atoms with Crippen molar-refractivity contribution in [2.24, 2.45) is 0 Å². The van der Waals surface area contributed by atoms with Crippen LogP contribution in [-0.2, 0) is 14.8 Å². The van der Waals surface area contributed by atoms with Gasteiger partial charge in [0.25, 0.3) is 0 Å². The molecule has 28 heavy (non-hydrogen) atoms. The first-order valence-electron chi connectivity index (χ1n) is 9.21. The molecule has 150 valence electrons. The first-order valence-corrected chi connectivity index (χ1v) is 10.6. The summed E-state index contributed by atoms with van der Waals surface area (Å²) in [6.45, 7) is 7.30. The van der Waals surface area contributed by atoms with Crippen LogP contribution in [0.25, 0.3) is 0 Å². The molecule has 0 unspecified atom stereocenters. The van der Waals surface area contributed by atoms with Crippen molar-refractivity contribution in [2.45, 2.75) is 25.7 Å². The van der Waals surface area contributed by atoms with Crippen LogP contribution in [0.5, 0.6) is 5.75 Å². The van der Waals surface area contributed by atoms with Gasteiger partial charge in [0, 0.05) is 18.7 Å². The Kier molecular flexibility index (Phi) is 6.17. The number of Topliss-reactive ketones (excluding diaryl/α,β-unsaturated/α-hetero) is 1. The molecule has 0 N–H and O–H groups in total. The molecule has 0 saturated carbocycles. The molecular formula is C21H25NO5S. The molecule has 1 heterocycles. The SMILES string of the molecule is Cc1cc(C)c(C(=O)COc2ccc(S(=O)(=O)N3CCOCC3)cc2)cc1C. The standard InChI is InChI=1S/C21H25NO5S/c1-15-12-17(3)20(13-16(15)2)21(23)14-27-18-4-6-19(7-5-18)28(24,25)22-8-10-26-11-9-22/h4-7,12-13H,8-11,14H2,1-3H3. The van der Waals surface area contributed by atoms with Crippen molar-refractivity contribution in [3.8, 4) is 5.75 Å². The van der Waals surface area contributed by atoms with Gasteiger partial charge >= 0.3 is 0 Å². The van der Waals surface area contributed by atoms with Crippen molar-refractivity contribution in [3.05, 3.63) is 58.7 Å². The number of rotatable bonds is 6. The average Bonchev–Trinajstić information content (AvgIpc) is 2.70. The van der Waals surface area contributed by atoms with Crippen LogP contribution in [0, 0.1) is 20.8 Å². The number of aryl methyl sites for hydroxylation is 3. The molecule has 1 aliphatic rings. The second-order valence-corrected chi connectivity index (χ2v) is 8.89. The highest BCUT2D eigenvalue weighted by Gasteiger charge is 2.26. The van der Waals surface area contributed by atoms with Gasteiger partial charge in [0.2, 0.25) is 10.0 Å². The number of morpholine rings is 1. The van der Waals surface area contributed by atoms with Gasteiger partial charge in [-0.1, -0.05) is 6.07 Å². The van der Waals surface area contributed by atoms with E-state index in [1.807, 2.05) is 32.9 Å². The summed E-state index contributed by atoms with van der Waals surface area (Å²) in [6, 6.07) is 10.0. The zero-order chi connectivity index (χ0) is 20.3. The fourth-order valence-corrected chi connectivity index (χ4v) is 4.54. The Hall–Kier alpha value is -2.22. The third-order valence-corrected chi connectivity index (χ3v) is 6.86. The zero-order valence-corrected chi connectivity index (χ0v) is 17.2. The maximum absolute atomic E-state index is 12.6. The van der Waals surface area contributed by atoms with Crippen molar-refractivity contribution < 1.29 is 22.7 Å². The number of ketones is 1. The van der Waals surface area contributed by atoms with E-state index in [0.717, 1.165) is 16.7 Å². The lowest BCUT2D eigenvalue weighted by Crippen LogP contribution is -2.40. The van der Waals surface area contributed by atoms with E-state index in [-0.39, 0.29) is 17.3 Å². The molecule has 0 spiro atoms. The van der Waals surface area contributed by atoms with Crippen molar-refractivity contribution in [2.75, 3.05) is 32.9 Å². The van der Waals surface area contributed by atoms with E-state index in [0.29, 0.717) is 37.6 Å². The number of hydrogen-bond donors (Lipinski definition) is 0. The number of ether oxygens (including phenoxy) is 2. The minimum atomic E-state index is -3.54. The number of carbonyl (C=O) groups excluding carboxylic acids is 1. The van der Waals surface area contributed by atoms with Crippen LogP contribution in [0.15, 0.2) is 41.3 Å². The molecule has 6 nitrogen and oxygen atoms in total. The van der Waals surface area contributed by atoms with Crippen LogP contribution in [0.4, 0.5) is 0 Å². The summed E-state index contributed by atoms with van der Waals surface area (Å²) in [6.07, 6.45) is 0. The lowest BCUT2D eigenvalue weighted by atomic mass is 9.98. The lowest BCUT2D eigenvalue weighted by Gasteiger charge is -2.26. The summed E-state index contributed by atoms with van der Waals surface area (Å²) in [5.74, 6) is 0.348. The summed E-state index contributed by atoms with van der Waals surface area (Å²) < 4.78 is 37.4. The minimum Gasteiger partial charge on any atom is -0.485 e. The van der Waals surface area contributed by atoms with Gasteiger partial charge in [0.1, 0.15) is 5.75 Å². The Morgan fingerprint density at radius 2 is 1.61 bits per heavy atom. The fraction of sp³-hybridized carbons (Fsp3) is 0.381. The first-order chi connectivity index (χ1) is 13.3. The van der Waals surface area contributed by atoms with Crippen LogP contribution in [-0.4, -0.2) is 51.4 Å². The van der Waals surface area contributed by atoms with E-state index in [1.165, 1.54) is 16.4 Å². The molecule has 2 aromatic carbocycles. The van der Waals surface area contributed by atoms with Crippen LogP contribution < -0.4 is 4.74 Å². The second kappa shape index (κ2) is 8.43. The van der Waals surface area contributed by atoms with Crippen molar-refractivity contribution in [1.29, 1.82) is 0 Å². The molecule has 1 fully saturated rings. The van der Waals surface area contributed by atoms with Gasteiger partial charge in [-0.2, -0.15) is 4.31 Å². The number of nitrogens with zero attached hydrogens (tertiary/aromatic N) is 1. The Morgan fingerprint density at radius 3 is 2.25 bits per heavy atom. The maximum atomic E-state index is 12.6. The summed E-state index contributed by atoms with van der Waals surface area (Å²) in [7, 11) is -3.54. The molecule has 0 atom stereocenters. The van der Waals surface area contributed by atoms with E-state index in [9.17, 15) is 13.2 Å². The normalized spacial score (nSPS) is 15.4. The highest BCUT2D eigenvalue weighted by molar-refractivity contribution is 7.89. The van der Waals surface area contributed by atoms with Crippen LogP contribution >= 0.6 is 0 Å². The van der Waals surface area contributed by atoms with Crippen LogP contribution in [0.1, 0.15) is 27.0 Å². The summed E-state index contributed by atoms with van der Waals surface area (Å²) >= 11 is 0. The van der Waals surface area contributed by atoms with Gasteiger partial charge in [-0.25, -0.2) is 8.42 Å². The molecule has 0 amide bonds. The molecular weight excluding hydrogens is 378 g/mol. The highest BCUT2D eigenvalue weighted by atomic mass is 32.2. The van der Waals surface area contributed by atoms with E-state index < -0.39 is 10.0 Å². The predicted octanol–water partition coefficient (Wildman–Crippen LogP) is 2.89. The van der Waals surface area contributed by atoms with Crippen LogP contribution in [0.2, 0.25) is 0 Å². The first kappa shape index (κ1) is 20.5. The van der Waals surface area contributed by atoms with Gasteiger partial charge in [0.15, 0.2) is 12.4 Å². The summed E-state index contributed by atoms with van der Waals surface area (Å²) in [5.41, 5.74) is 3.77. The Bertz CT molecular complexity index is 961. The average molecular weight is 404 g/mol. The molecule has 1 saturated heterocycles. The molecule has 3 rings (SSSR count). The molecule has 0 aliphatic carbocycles. The van der Waals surface area contributed by atoms with Crippen molar-refractivity contribution in [3.63, 3.8) is 0 Å². The van der Waals surface area contributed by atoms with Gasteiger partial charge in [-0.15, -0.1) is 0 Å². The summed E-state index contributed by atoms with van der Waals surface area (Å²) in [5, 5.41) is 0. The Labute approximate surface area is 166 Å². The van der Waals surface area contributed by atoms with Crippen LogP contribution in [0.3, 0.4) is 0 Å². The molecule has 0 bridgehead atoms. The maximum Gasteiger partial charge on any atom is 0.243 e.